The number of amides is 2. The van der Waals surface area contributed by atoms with E-state index in [1.165, 1.54) is 7.11 Å². The fraction of sp³-hybridized carbons (Fsp3) is 0.353. The van der Waals surface area contributed by atoms with E-state index in [2.05, 4.69) is 36.0 Å². The molecule has 1 aromatic carbocycles. The smallest absolute Gasteiger partial charge is 0.407 e. The number of rotatable bonds is 4. The molecular formula is C17H19BrN4O3. The summed E-state index contributed by atoms with van der Waals surface area (Å²) in [6, 6.07) is 7.84. The second kappa shape index (κ2) is 7.69. The first kappa shape index (κ1) is 17.5. The van der Waals surface area contributed by atoms with Crippen molar-refractivity contribution in [3.05, 3.63) is 40.8 Å². The van der Waals surface area contributed by atoms with E-state index in [1.54, 1.807) is 11.1 Å². The molecule has 1 aliphatic rings. The van der Waals surface area contributed by atoms with Crippen LogP contribution in [0.25, 0.3) is 11.3 Å². The van der Waals surface area contributed by atoms with Crippen molar-refractivity contribution in [3.63, 3.8) is 0 Å². The minimum Gasteiger partial charge on any atom is -0.453 e. The summed E-state index contributed by atoms with van der Waals surface area (Å²) in [7, 11) is 1.27. The van der Waals surface area contributed by atoms with Crippen molar-refractivity contribution in [2.75, 3.05) is 20.2 Å². The van der Waals surface area contributed by atoms with Gasteiger partial charge in [0.05, 0.1) is 25.0 Å². The SMILES string of the molecule is COC(=O)NCC(=O)N1CCC[C@H]1c1ncc(-c2ccc(Br)cc2)[nH]1. The van der Waals surface area contributed by atoms with Crippen molar-refractivity contribution < 1.29 is 14.3 Å². The molecule has 1 fully saturated rings. The van der Waals surface area contributed by atoms with Gasteiger partial charge in [-0.15, -0.1) is 0 Å². The van der Waals surface area contributed by atoms with E-state index in [0.717, 1.165) is 34.4 Å². The molecule has 1 saturated heterocycles. The summed E-state index contributed by atoms with van der Waals surface area (Å²) < 4.78 is 5.51. The van der Waals surface area contributed by atoms with Crippen molar-refractivity contribution in [1.82, 2.24) is 20.2 Å². The van der Waals surface area contributed by atoms with Crippen molar-refractivity contribution in [3.8, 4) is 11.3 Å². The van der Waals surface area contributed by atoms with Crippen LogP contribution in [0.1, 0.15) is 24.7 Å². The third-order valence-electron chi connectivity index (χ3n) is 4.21. The van der Waals surface area contributed by atoms with Crippen LogP contribution in [0, 0.1) is 0 Å². The molecule has 8 heteroatoms. The zero-order valence-electron chi connectivity index (χ0n) is 13.8. The lowest BCUT2D eigenvalue weighted by Gasteiger charge is -2.23. The number of nitrogens with zero attached hydrogens (tertiary/aromatic N) is 2. The Hall–Kier alpha value is -2.35. The fourth-order valence-electron chi connectivity index (χ4n) is 2.95. The lowest BCUT2D eigenvalue weighted by molar-refractivity contribution is -0.131. The lowest BCUT2D eigenvalue weighted by atomic mass is 10.2. The number of ether oxygens (including phenoxy) is 1. The van der Waals surface area contributed by atoms with Gasteiger partial charge in [0, 0.05) is 11.0 Å². The highest BCUT2D eigenvalue weighted by atomic mass is 79.9. The summed E-state index contributed by atoms with van der Waals surface area (Å²) >= 11 is 3.42. The van der Waals surface area contributed by atoms with Crippen LogP contribution in [0.15, 0.2) is 34.9 Å². The third-order valence-corrected chi connectivity index (χ3v) is 4.74. The highest BCUT2D eigenvalue weighted by Crippen LogP contribution is 2.31. The summed E-state index contributed by atoms with van der Waals surface area (Å²) in [5.74, 6) is 0.622. The van der Waals surface area contributed by atoms with Gasteiger partial charge in [-0.2, -0.15) is 0 Å². The number of hydrogen-bond acceptors (Lipinski definition) is 4. The molecular weight excluding hydrogens is 388 g/mol. The molecule has 1 aromatic heterocycles. The largest absolute Gasteiger partial charge is 0.453 e. The average Bonchev–Trinajstić information content (AvgIpc) is 3.28. The number of likely N-dealkylation sites (tertiary alicyclic amines) is 1. The Balaban J connectivity index is 1.71. The molecule has 7 nitrogen and oxygen atoms in total. The van der Waals surface area contributed by atoms with Crippen LogP contribution in [-0.4, -0.2) is 47.1 Å². The minimum atomic E-state index is -0.611. The van der Waals surface area contributed by atoms with Crippen molar-refractivity contribution in [2.45, 2.75) is 18.9 Å². The second-order valence-corrected chi connectivity index (χ2v) is 6.69. The van der Waals surface area contributed by atoms with Crippen LogP contribution < -0.4 is 5.32 Å². The van der Waals surface area contributed by atoms with E-state index >= 15 is 0 Å². The number of carbonyl (C=O) groups excluding carboxylic acids is 2. The first-order valence-corrected chi connectivity index (χ1v) is 8.80. The Kier molecular flexibility index (Phi) is 5.37. The fourth-order valence-corrected chi connectivity index (χ4v) is 3.22. The normalized spacial score (nSPS) is 16.7. The number of nitrogens with one attached hydrogen (secondary N) is 2. The second-order valence-electron chi connectivity index (χ2n) is 5.78. The van der Waals surface area contributed by atoms with Gasteiger partial charge in [-0.25, -0.2) is 9.78 Å². The molecule has 0 bridgehead atoms. The van der Waals surface area contributed by atoms with Gasteiger partial charge >= 0.3 is 6.09 Å². The molecule has 0 spiro atoms. The Labute approximate surface area is 153 Å². The molecule has 2 N–H and O–H groups in total. The van der Waals surface area contributed by atoms with Crippen LogP contribution in [0.3, 0.4) is 0 Å². The van der Waals surface area contributed by atoms with Crippen LogP contribution >= 0.6 is 15.9 Å². The molecule has 1 atom stereocenters. The maximum atomic E-state index is 12.4. The van der Waals surface area contributed by atoms with Gasteiger partial charge in [0.25, 0.3) is 0 Å². The highest BCUT2D eigenvalue weighted by molar-refractivity contribution is 9.10. The summed E-state index contributed by atoms with van der Waals surface area (Å²) in [5, 5.41) is 2.43. The van der Waals surface area contributed by atoms with E-state index in [4.69, 9.17) is 0 Å². The number of imidazole rings is 1. The predicted molar refractivity (Wildman–Crippen MR) is 95.8 cm³/mol. The monoisotopic (exact) mass is 406 g/mol. The number of carbonyl (C=O) groups is 2. The van der Waals surface area contributed by atoms with Gasteiger partial charge in [0.2, 0.25) is 5.91 Å². The van der Waals surface area contributed by atoms with E-state index in [1.807, 2.05) is 24.3 Å². The topological polar surface area (TPSA) is 87.3 Å². The first-order valence-electron chi connectivity index (χ1n) is 8.00. The predicted octanol–water partition coefficient (Wildman–Crippen LogP) is 2.86. The van der Waals surface area contributed by atoms with Gasteiger partial charge in [-0.3, -0.25) is 4.79 Å². The molecule has 2 heterocycles. The number of alkyl carbamates (subject to hydrolysis) is 1. The summed E-state index contributed by atoms with van der Waals surface area (Å²) in [4.78, 5) is 33.1. The maximum Gasteiger partial charge on any atom is 0.407 e. The first-order chi connectivity index (χ1) is 12.1. The van der Waals surface area contributed by atoms with E-state index < -0.39 is 6.09 Å². The molecule has 3 rings (SSSR count). The summed E-state index contributed by atoms with van der Waals surface area (Å²) in [6.45, 7) is 0.574. The zero-order valence-corrected chi connectivity index (χ0v) is 15.4. The van der Waals surface area contributed by atoms with E-state index in [9.17, 15) is 9.59 Å². The van der Waals surface area contributed by atoms with Gasteiger partial charge in [-0.1, -0.05) is 28.1 Å². The van der Waals surface area contributed by atoms with Crippen LogP contribution in [-0.2, 0) is 9.53 Å². The van der Waals surface area contributed by atoms with E-state index in [0.29, 0.717) is 6.54 Å². The Morgan fingerprint density at radius 2 is 2.16 bits per heavy atom. The Morgan fingerprint density at radius 1 is 1.40 bits per heavy atom. The minimum absolute atomic E-state index is 0.0799. The lowest BCUT2D eigenvalue weighted by Crippen LogP contribution is -2.40. The van der Waals surface area contributed by atoms with Crippen molar-refractivity contribution in [2.24, 2.45) is 0 Å². The van der Waals surface area contributed by atoms with Crippen LogP contribution in [0.4, 0.5) is 4.79 Å². The molecule has 0 radical (unpaired) electrons. The number of H-pyrrole nitrogens is 1. The zero-order chi connectivity index (χ0) is 17.8. The Morgan fingerprint density at radius 3 is 2.88 bits per heavy atom. The van der Waals surface area contributed by atoms with Gasteiger partial charge in [0.15, 0.2) is 0 Å². The number of benzene rings is 1. The summed E-state index contributed by atoms with van der Waals surface area (Å²) in [5.41, 5.74) is 1.94. The van der Waals surface area contributed by atoms with Crippen LogP contribution in [0.2, 0.25) is 0 Å². The quantitative estimate of drug-likeness (QED) is 0.816. The van der Waals surface area contributed by atoms with Gasteiger partial charge in [0.1, 0.15) is 12.4 Å². The number of halogens is 1. The van der Waals surface area contributed by atoms with E-state index in [-0.39, 0.29) is 18.5 Å². The molecule has 2 amide bonds. The Bertz CT molecular complexity index is 760. The van der Waals surface area contributed by atoms with Crippen molar-refractivity contribution in [1.29, 1.82) is 0 Å². The molecule has 25 heavy (non-hydrogen) atoms. The molecule has 0 unspecified atom stereocenters. The van der Waals surface area contributed by atoms with Gasteiger partial charge < -0.3 is 19.9 Å². The standard InChI is InChI=1S/C17H19BrN4O3/c1-25-17(24)20-10-15(23)22-8-2-3-14(22)16-19-9-13(21-16)11-4-6-12(18)7-5-11/h4-7,9,14H,2-3,8,10H2,1H3,(H,19,21)(H,20,24)/t14-/m0/s1. The molecule has 132 valence electrons. The molecule has 0 saturated carbocycles. The molecule has 0 aliphatic carbocycles. The number of methoxy groups -OCH3 is 1. The average molecular weight is 407 g/mol. The third kappa shape index (κ3) is 4.01. The maximum absolute atomic E-state index is 12.4. The number of aromatic nitrogens is 2. The molecule has 1 aliphatic heterocycles. The number of aromatic amines is 1. The highest BCUT2D eigenvalue weighted by Gasteiger charge is 2.32. The van der Waals surface area contributed by atoms with Gasteiger partial charge in [-0.05, 0) is 30.5 Å². The van der Waals surface area contributed by atoms with Crippen molar-refractivity contribution >= 4 is 27.9 Å². The molecule has 2 aromatic rings. The number of hydrogen-bond donors (Lipinski definition) is 2. The summed E-state index contributed by atoms with van der Waals surface area (Å²) in [6.07, 6.45) is 2.92. The van der Waals surface area contributed by atoms with Crippen LogP contribution in [0.5, 0.6) is 0 Å².